The largest absolute Gasteiger partial charge is 0.469 e. The highest BCUT2D eigenvalue weighted by Crippen LogP contribution is 2.51. The first-order valence-corrected chi connectivity index (χ1v) is 6.32. The van der Waals surface area contributed by atoms with Gasteiger partial charge in [-0.05, 0) is 24.7 Å². The van der Waals surface area contributed by atoms with Crippen LogP contribution in [0.2, 0.25) is 0 Å². The van der Waals surface area contributed by atoms with Crippen LogP contribution in [0.1, 0.15) is 33.6 Å². The Labute approximate surface area is 103 Å². The maximum absolute atomic E-state index is 11.4. The minimum absolute atomic E-state index is 0.0229. The van der Waals surface area contributed by atoms with Crippen molar-refractivity contribution >= 4 is 5.97 Å². The summed E-state index contributed by atoms with van der Waals surface area (Å²) in [7, 11) is 1.43. The zero-order chi connectivity index (χ0) is 12.6. The lowest BCUT2D eigenvalue weighted by atomic mass is 9.59. The highest BCUT2D eigenvalue weighted by Gasteiger charge is 2.48. The van der Waals surface area contributed by atoms with Gasteiger partial charge in [-0.3, -0.25) is 4.79 Å². The molecule has 2 bridgehead atoms. The lowest BCUT2D eigenvalue weighted by molar-refractivity contribution is -0.156. The van der Waals surface area contributed by atoms with Crippen LogP contribution in [0.15, 0.2) is 11.6 Å². The molecule has 1 saturated heterocycles. The van der Waals surface area contributed by atoms with E-state index >= 15 is 0 Å². The predicted molar refractivity (Wildman–Crippen MR) is 65.5 cm³/mol. The van der Waals surface area contributed by atoms with Gasteiger partial charge in [-0.1, -0.05) is 25.5 Å². The van der Waals surface area contributed by atoms with Crippen LogP contribution in [-0.2, 0) is 14.3 Å². The molecule has 2 rings (SSSR count). The van der Waals surface area contributed by atoms with Crippen molar-refractivity contribution < 1.29 is 14.3 Å². The SMILES string of the molecule is COC(=O)C[C@H]1OC[C@H]2CC=C(C)[C@@H]1C2(C)C. The Morgan fingerprint density at radius 2 is 2.29 bits per heavy atom. The van der Waals surface area contributed by atoms with E-state index in [1.165, 1.54) is 12.7 Å². The predicted octanol–water partition coefficient (Wildman–Crippen LogP) is 2.56. The first-order chi connectivity index (χ1) is 7.96. The summed E-state index contributed by atoms with van der Waals surface area (Å²) in [6.45, 7) is 7.51. The van der Waals surface area contributed by atoms with Crippen molar-refractivity contribution in [3.63, 3.8) is 0 Å². The third-order valence-electron chi connectivity index (χ3n) is 4.55. The Morgan fingerprint density at radius 3 is 2.94 bits per heavy atom. The molecule has 1 heterocycles. The lowest BCUT2D eigenvalue weighted by Gasteiger charge is -2.52. The van der Waals surface area contributed by atoms with Gasteiger partial charge in [0.15, 0.2) is 0 Å². The molecule has 0 saturated carbocycles. The fourth-order valence-corrected chi connectivity index (χ4v) is 3.42. The Hall–Kier alpha value is -0.830. The van der Waals surface area contributed by atoms with Gasteiger partial charge in [0.05, 0.1) is 26.2 Å². The van der Waals surface area contributed by atoms with Crippen molar-refractivity contribution in [2.24, 2.45) is 17.3 Å². The number of hydrogen-bond acceptors (Lipinski definition) is 3. The summed E-state index contributed by atoms with van der Waals surface area (Å²) in [5.41, 5.74) is 1.58. The lowest BCUT2D eigenvalue weighted by Crippen LogP contribution is -2.50. The second-order valence-corrected chi connectivity index (χ2v) is 5.83. The summed E-state index contributed by atoms with van der Waals surface area (Å²) >= 11 is 0. The molecule has 1 aliphatic carbocycles. The van der Waals surface area contributed by atoms with Crippen LogP contribution in [0.25, 0.3) is 0 Å². The molecule has 96 valence electrons. The molecule has 0 spiro atoms. The second kappa shape index (κ2) is 4.45. The van der Waals surface area contributed by atoms with Crippen LogP contribution in [0, 0.1) is 17.3 Å². The topological polar surface area (TPSA) is 35.5 Å². The number of allylic oxidation sites excluding steroid dienone is 1. The highest BCUT2D eigenvalue weighted by molar-refractivity contribution is 5.70. The van der Waals surface area contributed by atoms with E-state index in [4.69, 9.17) is 9.47 Å². The van der Waals surface area contributed by atoms with Crippen LogP contribution in [0.3, 0.4) is 0 Å². The van der Waals surface area contributed by atoms with E-state index in [1.54, 1.807) is 0 Å². The van der Waals surface area contributed by atoms with Gasteiger partial charge in [0.2, 0.25) is 0 Å². The summed E-state index contributed by atoms with van der Waals surface area (Å²) in [6.07, 6.45) is 3.75. The van der Waals surface area contributed by atoms with Gasteiger partial charge in [-0.25, -0.2) is 0 Å². The summed E-state index contributed by atoms with van der Waals surface area (Å²) in [5.74, 6) is 0.738. The Balaban J connectivity index is 2.22. The second-order valence-electron chi connectivity index (χ2n) is 5.83. The molecule has 3 nitrogen and oxygen atoms in total. The van der Waals surface area contributed by atoms with E-state index in [0.717, 1.165) is 13.0 Å². The maximum atomic E-state index is 11.4. The van der Waals surface area contributed by atoms with E-state index in [2.05, 4.69) is 26.8 Å². The molecule has 1 fully saturated rings. The fourth-order valence-electron chi connectivity index (χ4n) is 3.42. The number of fused-ring (bicyclic) bond motifs is 2. The first-order valence-electron chi connectivity index (χ1n) is 6.32. The number of ether oxygens (including phenoxy) is 2. The zero-order valence-corrected chi connectivity index (χ0v) is 11.2. The van der Waals surface area contributed by atoms with Crippen molar-refractivity contribution in [3.05, 3.63) is 11.6 Å². The van der Waals surface area contributed by atoms with Crippen LogP contribution in [0.5, 0.6) is 0 Å². The van der Waals surface area contributed by atoms with Crippen LogP contribution in [-0.4, -0.2) is 25.8 Å². The van der Waals surface area contributed by atoms with Gasteiger partial charge in [0.1, 0.15) is 0 Å². The number of esters is 1. The normalized spacial score (nSPS) is 35.1. The molecule has 0 radical (unpaired) electrons. The molecule has 0 unspecified atom stereocenters. The smallest absolute Gasteiger partial charge is 0.308 e. The molecule has 2 aliphatic rings. The van der Waals surface area contributed by atoms with Crippen molar-refractivity contribution in [3.8, 4) is 0 Å². The van der Waals surface area contributed by atoms with Gasteiger partial charge in [-0.2, -0.15) is 0 Å². The summed E-state index contributed by atoms with van der Waals surface area (Å²) < 4.78 is 10.6. The molecule has 0 aromatic carbocycles. The molecule has 3 atom stereocenters. The van der Waals surface area contributed by atoms with Crippen LogP contribution < -0.4 is 0 Å². The Bertz CT molecular complexity index is 343. The van der Waals surface area contributed by atoms with Crippen molar-refractivity contribution in [2.45, 2.75) is 39.7 Å². The maximum Gasteiger partial charge on any atom is 0.308 e. The minimum Gasteiger partial charge on any atom is -0.469 e. The molecule has 1 aliphatic heterocycles. The first kappa shape index (κ1) is 12.6. The van der Waals surface area contributed by atoms with Crippen molar-refractivity contribution in [1.29, 1.82) is 0 Å². The number of rotatable bonds is 2. The molecule has 0 aromatic rings. The van der Waals surface area contributed by atoms with Gasteiger partial charge < -0.3 is 9.47 Å². The van der Waals surface area contributed by atoms with Crippen LogP contribution in [0.4, 0.5) is 0 Å². The summed E-state index contributed by atoms with van der Waals surface area (Å²) in [5, 5.41) is 0. The molecular formula is C14H22O3. The van der Waals surface area contributed by atoms with Gasteiger partial charge in [0.25, 0.3) is 0 Å². The van der Waals surface area contributed by atoms with Crippen LogP contribution >= 0.6 is 0 Å². The third-order valence-corrected chi connectivity index (χ3v) is 4.55. The van der Waals surface area contributed by atoms with E-state index in [1.807, 2.05) is 0 Å². The molecule has 0 aromatic heterocycles. The molecular weight excluding hydrogens is 216 g/mol. The van der Waals surface area contributed by atoms with Gasteiger partial charge >= 0.3 is 5.97 Å². The van der Waals surface area contributed by atoms with E-state index in [9.17, 15) is 4.79 Å². The van der Waals surface area contributed by atoms with Gasteiger partial charge in [-0.15, -0.1) is 0 Å². The number of carbonyl (C=O) groups is 1. The summed E-state index contributed by atoms with van der Waals surface area (Å²) in [6, 6.07) is 0. The van der Waals surface area contributed by atoms with Crippen molar-refractivity contribution in [2.75, 3.05) is 13.7 Å². The van der Waals surface area contributed by atoms with Crippen molar-refractivity contribution in [1.82, 2.24) is 0 Å². The average Bonchev–Trinajstić information content (AvgIpc) is 2.24. The molecule has 3 heteroatoms. The average molecular weight is 238 g/mol. The van der Waals surface area contributed by atoms with E-state index in [-0.39, 0.29) is 17.5 Å². The zero-order valence-electron chi connectivity index (χ0n) is 11.2. The number of methoxy groups -OCH3 is 1. The monoisotopic (exact) mass is 238 g/mol. The number of hydrogen-bond donors (Lipinski definition) is 0. The van der Waals surface area contributed by atoms with Gasteiger partial charge in [0, 0.05) is 5.92 Å². The summed E-state index contributed by atoms with van der Waals surface area (Å²) in [4.78, 5) is 11.4. The minimum atomic E-state index is -0.178. The standard InChI is InChI=1S/C14H22O3/c1-9-5-6-10-8-17-11(7-12(15)16-4)13(9)14(10,2)3/h5,10-11,13H,6-8H2,1-4H3/t10-,11-,13+/m1/s1. The highest BCUT2D eigenvalue weighted by atomic mass is 16.5. The fraction of sp³-hybridized carbons (Fsp3) is 0.786. The van der Waals surface area contributed by atoms with E-state index in [0.29, 0.717) is 18.3 Å². The quantitative estimate of drug-likeness (QED) is 0.548. The molecule has 17 heavy (non-hydrogen) atoms. The number of carbonyl (C=O) groups excluding carboxylic acids is 1. The van der Waals surface area contributed by atoms with E-state index < -0.39 is 0 Å². The third kappa shape index (κ3) is 2.13. The Morgan fingerprint density at radius 1 is 1.59 bits per heavy atom. The molecule has 0 N–H and O–H groups in total. The molecule has 0 amide bonds. The Kier molecular flexibility index (Phi) is 3.30.